The highest BCUT2D eigenvalue weighted by molar-refractivity contribution is 7.11. The van der Waals surface area contributed by atoms with Gasteiger partial charge >= 0.3 is 6.09 Å². The van der Waals surface area contributed by atoms with E-state index in [1.54, 1.807) is 25.3 Å². The van der Waals surface area contributed by atoms with Crippen molar-refractivity contribution in [1.82, 2.24) is 20.9 Å². The second kappa shape index (κ2) is 9.60. The number of nitrogens with one attached hydrogen (secondary N) is 3. The van der Waals surface area contributed by atoms with E-state index >= 15 is 0 Å². The van der Waals surface area contributed by atoms with Crippen molar-refractivity contribution in [3.63, 3.8) is 0 Å². The largest absolute Gasteiger partial charge is 0.450 e. The molecule has 1 unspecified atom stereocenters. The molecular weight excluding hydrogens is 338 g/mol. The Morgan fingerprint density at radius 2 is 2.16 bits per heavy atom. The molecule has 8 heteroatoms. The summed E-state index contributed by atoms with van der Waals surface area (Å²) in [6.45, 7) is 7.73. The Labute approximate surface area is 153 Å². The number of nitrogens with zero attached hydrogens (tertiary/aromatic N) is 2. The van der Waals surface area contributed by atoms with Crippen LogP contribution in [0.1, 0.15) is 35.3 Å². The van der Waals surface area contributed by atoms with E-state index in [0.29, 0.717) is 19.1 Å². The van der Waals surface area contributed by atoms with Crippen molar-refractivity contribution < 1.29 is 9.53 Å². The van der Waals surface area contributed by atoms with E-state index in [2.05, 4.69) is 32.9 Å². The highest BCUT2D eigenvalue weighted by Gasteiger charge is 2.32. The third-order valence-electron chi connectivity index (χ3n) is 4.19. The van der Waals surface area contributed by atoms with Crippen LogP contribution in [-0.2, 0) is 11.2 Å². The molecule has 1 aromatic rings. The van der Waals surface area contributed by atoms with Gasteiger partial charge in [0.15, 0.2) is 5.96 Å². The quantitative estimate of drug-likeness (QED) is 0.483. The summed E-state index contributed by atoms with van der Waals surface area (Å²) in [5.41, 5.74) is 1.11. The van der Waals surface area contributed by atoms with Crippen molar-refractivity contribution in [3.05, 3.63) is 15.6 Å². The fraction of sp³-hybridized carbons (Fsp3) is 0.706. The molecule has 1 atom stereocenters. The summed E-state index contributed by atoms with van der Waals surface area (Å²) in [6.07, 6.45) is 2.81. The molecule has 2 rings (SSSR count). The Balaban J connectivity index is 1.73. The molecule has 1 fully saturated rings. The Hall–Kier alpha value is -1.83. The van der Waals surface area contributed by atoms with Crippen molar-refractivity contribution in [3.8, 4) is 0 Å². The molecule has 1 saturated carbocycles. The standard InChI is InChI=1S/C17H29N5O2S/c1-5-24-17(23)22-14(13-6-7-13)10-20-16(18-4)19-9-8-15-21-11(2)12(3)25-15/h13-14H,5-10H2,1-4H3,(H,22,23)(H2,18,19,20). The number of aryl methyl sites for hydroxylation is 2. The third-order valence-corrected chi connectivity index (χ3v) is 5.32. The number of guanidine groups is 1. The number of carbonyl (C=O) groups is 1. The zero-order chi connectivity index (χ0) is 18.2. The third kappa shape index (κ3) is 6.53. The minimum absolute atomic E-state index is 0.0712. The first-order chi connectivity index (χ1) is 12.0. The number of aliphatic imine (C=N–C) groups is 1. The molecule has 3 N–H and O–H groups in total. The maximum absolute atomic E-state index is 11.6. The minimum atomic E-state index is -0.348. The SMILES string of the molecule is CCOC(=O)NC(CNC(=NC)NCCc1nc(C)c(C)s1)C1CC1. The van der Waals surface area contributed by atoms with Gasteiger partial charge in [-0.25, -0.2) is 9.78 Å². The van der Waals surface area contributed by atoms with Crippen LogP contribution in [0, 0.1) is 19.8 Å². The second-order valence-corrected chi connectivity index (χ2v) is 7.48. The lowest BCUT2D eigenvalue weighted by atomic mass is 10.2. The van der Waals surface area contributed by atoms with E-state index in [4.69, 9.17) is 4.74 Å². The molecular formula is C17H29N5O2S. The molecule has 1 aliphatic rings. The highest BCUT2D eigenvalue weighted by atomic mass is 32.1. The molecule has 7 nitrogen and oxygen atoms in total. The number of thiazole rings is 1. The van der Waals surface area contributed by atoms with E-state index in [1.807, 2.05) is 6.92 Å². The zero-order valence-corrected chi connectivity index (χ0v) is 16.3. The van der Waals surface area contributed by atoms with Gasteiger partial charge in [-0.15, -0.1) is 11.3 Å². The molecule has 1 amide bonds. The summed E-state index contributed by atoms with van der Waals surface area (Å²) in [5, 5.41) is 10.7. The summed E-state index contributed by atoms with van der Waals surface area (Å²) < 4.78 is 4.98. The molecule has 0 saturated heterocycles. The number of hydrogen-bond donors (Lipinski definition) is 3. The first-order valence-corrected chi connectivity index (χ1v) is 9.65. The zero-order valence-electron chi connectivity index (χ0n) is 15.5. The first-order valence-electron chi connectivity index (χ1n) is 8.84. The molecule has 0 spiro atoms. The topological polar surface area (TPSA) is 87.6 Å². The van der Waals surface area contributed by atoms with E-state index in [1.165, 1.54) is 4.88 Å². The van der Waals surface area contributed by atoms with Crippen molar-refractivity contribution >= 4 is 23.4 Å². The maximum atomic E-state index is 11.6. The van der Waals surface area contributed by atoms with Crippen LogP contribution in [-0.4, -0.2) is 49.8 Å². The number of alkyl carbamates (subject to hydrolysis) is 1. The number of hydrogen-bond acceptors (Lipinski definition) is 5. The van der Waals surface area contributed by atoms with E-state index < -0.39 is 0 Å². The number of carbonyl (C=O) groups excluding carboxylic acids is 1. The van der Waals surface area contributed by atoms with Gasteiger partial charge in [0, 0.05) is 31.4 Å². The van der Waals surface area contributed by atoms with Crippen LogP contribution in [0.25, 0.3) is 0 Å². The Morgan fingerprint density at radius 3 is 2.72 bits per heavy atom. The number of rotatable bonds is 8. The molecule has 0 radical (unpaired) electrons. The predicted molar refractivity (Wildman–Crippen MR) is 101 cm³/mol. The number of ether oxygens (including phenoxy) is 1. The summed E-state index contributed by atoms with van der Waals surface area (Å²) in [4.78, 5) is 21.7. The Kier molecular flexibility index (Phi) is 7.49. The van der Waals surface area contributed by atoms with Crippen LogP contribution in [0.3, 0.4) is 0 Å². The van der Waals surface area contributed by atoms with Crippen LogP contribution in [0.2, 0.25) is 0 Å². The van der Waals surface area contributed by atoms with Crippen molar-refractivity contribution in [2.75, 3.05) is 26.7 Å². The van der Waals surface area contributed by atoms with Gasteiger partial charge in [-0.3, -0.25) is 4.99 Å². The number of amides is 1. The monoisotopic (exact) mass is 367 g/mol. The lowest BCUT2D eigenvalue weighted by Gasteiger charge is -2.20. The lowest BCUT2D eigenvalue weighted by molar-refractivity contribution is 0.146. The molecule has 25 heavy (non-hydrogen) atoms. The molecule has 1 aromatic heterocycles. The molecule has 1 heterocycles. The van der Waals surface area contributed by atoms with Gasteiger partial charge in [-0.1, -0.05) is 0 Å². The van der Waals surface area contributed by atoms with Crippen LogP contribution in [0.15, 0.2) is 4.99 Å². The minimum Gasteiger partial charge on any atom is -0.450 e. The van der Waals surface area contributed by atoms with Gasteiger partial charge in [0.05, 0.1) is 23.4 Å². The van der Waals surface area contributed by atoms with Crippen molar-refractivity contribution in [2.24, 2.45) is 10.9 Å². The Morgan fingerprint density at radius 1 is 1.40 bits per heavy atom. The smallest absolute Gasteiger partial charge is 0.407 e. The molecule has 0 aromatic carbocycles. The van der Waals surface area contributed by atoms with Gasteiger partial charge in [0.2, 0.25) is 0 Å². The predicted octanol–water partition coefficient (Wildman–Crippen LogP) is 1.99. The van der Waals surface area contributed by atoms with Crippen LogP contribution < -0.4 is 16.0 Å². The van der Waals surface area contributed by atoms with Gasteiger partial charge in [0.25, 0.3) is 0 Å². The van der Waals surface area contributed by atoms with Crippen LogP contribution >= 0.6 is 11.3 Å². The summed E-state index contributed by atoms with van der Waals surface area (Å²) in [5.74, 6) is 1.26. The normalized spacial score (nSPS) is 15.6. The van der Waals surface area contributed by atoms with Gasteiger partial charge in [0.1, 0.15) is 0 Å². The average Bonchev–Trinajstić information content (AvgIpc) is 3.36. The lowest BCUT2D eigenvalue weighted by Crippen LogP contribution is -2.48. The van der Waals surface area contributed by atoms with E-state index in [-0.39, 0.29) is 12.1 Å². The van der Waals surface area contributed by atoms with Gasteiger partial charge in [-0.05, 0) is 39.5 Å². The molecule has 140 valence electrons. The molecule has 1 aliphatic carbocycles. The second-order valence-electron chi connectivity index (χ2n) is 6.19. The fourth-order valence-electron chi connectivity index (χ4n) is 2.52. The van der Waals surface area contributed by atoms with Crippen LogP contribution in [0.4, 0.5) is 4.79 Å². The van der Waals surface area contributed by atoms with Gasteiger partial charge < -0.3 is 20.7 Å². The molecule has 0 bridgehead atoms. The summed E-state index contributed by atoms with van der Waals surface area (Å²) in [7, 11) is 1.75. The highest BCUT2D eigenvalue weighted by Crippen LogP contribution is 2.32. The summed E-state index contributed by atoms with van der Waals surface area (Å²) in [6, 6.07) is 0.0712. The summed E-state index contributed by atoms with van der Waals surface area (Å²) >= 11 is 1.74. The maximum Gasteiger partial charge on any atom is 0.407 e. The van der Waals surface area contributed by atoms with E-state index in [9.17, 15) is 4.79 Å². The van der Waals surface area contributed by atoms with Crippen LogP contribution in [0.5, 0.6) is 0 Å². The fourth-order valence-corrected chi connectivity index (χ4v) is 3.45. The van der Waals surface area contributed by atoms with Crippen molar-refractivity contribution in [1.29, 1.82) is 0 Å². The van der Waals surface area contributed by atoms with Crippen molar-refractivity contribution in [2.45, 2.75) is 46.1 Å². The average molecular weight is 368 g/mol. The Bertz CT molecular complexity index is 578. The molecule has 0 aliphatic heterocycles. The van der Waals surface area contributed by atoms with E-state index in [0.717, 1.165) is 42.5 Å². The first kappa shape index (κ1) is 19.5. The number of aromatic nitrogens is 1. The van der Waals surface area contributed by atoms with Gasteiger partial charge in [-0.2, -0.15) is 0 Å².